The normalized spacial score (nSPS) is 11.7. The molecular weight excluding hydrogens is 566 g/mol. The first-order valence-electron chi connectivity index (χ1n) is 15.9. The van der Waals surface area contributed by atoms with Gasteiger partial charge in [0.2, 0.25) is 5.82 Å². The summed E-state index contributed by atoms with van der Waals surface area (Å²) in [6.07, 6.45) is 6.10. The Labute approximate surface area is 267 Å². The van der Waals surface area contributed by atoms with Gasteiger partial charge in [-0.1, -0.05) is 109 Å². The molecule has 0 spiro atoms. The Kier molecular flexibility index (Phi) is 13.3. The lowest BCUT2D eigenvalue weighted by Crippen LogP contribution is -2.42. The number of rotatable bonds is 14. The lowest BCUT2D eigenvalue weighted by atomic mass is 9.86. The largest absolute Gasteiger partial charge is 0.494 e. The SMILES string of the molecule is CC.CCCCCCCOc1ccc(-c2nc(-c3ccc(CC(NC(=O)c4ccc(C(C)(C)C)cc4)C(=O)O)cc3)no2)cc1. The van der Waals surface area contributed by atoms with Crippen molar-refractivity contribution in [2.75, 3.05) is 6.61 Å². The molecule has 0 radical (unpaired) electrons. The van der Waals surface area contributed by atoms with E-state index in [0.717, 1.165) is 34.4 Å². The highest BCUT2D eigenvalue weighted by Crippen LogP contribution is 2.25. The number of hydrogen-bond acceptors (Lipinski definition) is 6. The van der Waals surface area contributed by atoms with Crippen molar-refractivity contribution in [1.29, 1.82) is 0 Å². The van der Waals surface area contributed by atoms with Gasteiger partial charge in [0.05, 0.1) is 6.61 Å². The van der Waals surface area contributed by atoms with E-state index in [0.29, 0.717) is 23.9 Å². The second-order valence-corrected chi connectivity index (χ2v) is 11.8. The molecule has 1 amide bonds. The van der Waals surface area contributed by atoms with Gasteiger partial charge < -0.3 is 19.7 Å². The van der Waals surface area contributed by atoms with Crippen LogP contribution >= 0.6 is 0 Å². The topological polar surface area (TPSA) is 115 Å². The first-order chi connectivity index (χ1) is 21.6. The molecule has 8 heteroatoms. The first kappa shape index (κ1) is 35.0. The van der Waals surface area contributed by atoms with Crippen molar-refractivity contribution in [1.82, 2.24) is 15.5 Å². The predicted octanol–water partition coefficient (Wildman–Crippen LogP) is 8.50. The standard InChI is InChI=1S/C35H41N3O5.C2H6/c1-5-6-7-8-9-22-42-29-20-16-27(17-21-29)33-37-31(38-43-33)25-12-10-24(11-13-25)23-30(34(40)41)36-32(39)26-14-18-28(19-15-26)35(2,3)4;1-2/h10-21,30H,5-9,22-23H2,1-4H3,(H,36,39)(H,40,41);1-2H3. The average molecular weight is 614 g/mol. The van der Waals surface area contributed by atoms with Gasteiger partial charge in [-0.2, -0.15) is 4.98 Å². The van der Waals surface area contributed by atoms with Gasteiger partial charge in [0.25, 0.3) is 11.8 Å². The quantitative estimate of drug-likeness (QED) is 0.137. The first-order valence-corrected chi connectivity index (χ1v) is 15.9. The number of ether oxygens (including phenoxy) is 1. The summed E-state index contributed by atoms with van der Waals surface area (Å²) in [7, 11) is 0. The van der Waals surface area contributed by atoms with E-state index in [1.54, 1.807) is 24.3 Å². The molecule has 1 atom stereocenters. The minimum absolute atomic E-state index is 0.0401. The van der Waals surface area contributed by atoms with Crippen molar-refractivity contribution in [3.05, 3.63) is 89.5 Å². The van der Waals surface area contributed by atoms with Crippen molar-refractivity contribution >= 4 is 11.9 Å². The van der Waals surface area contributed by atoms with Crippen LogP contribution in [0.5, 0.6) is 5.75 Å². The number of unbranched alkanes of at least 4 members (excludes halogenated alkanes) is 4. The Bertz CT molecular complexity index is 1470. The van der Waals surface area contributed by atoms with Crippen molar-refractivity contribution in [2.45, 2.75) is 91.5 Å². The molecule has 1 unspecified atom stereocenters. The molecule has 4 aromatic rings. The second-order valence-electron chi connectivity index (χ2n) is 11.8. The van der Waals surface area contributed by atoms with Gasteiger partial charge in [0.15, 0.2) is 0 Å². The average Bonchev–Trinajstić information content (AvgIpc) is 3.54. The second kappa shape index (κ2) is 17.1. The van der Waals surface area contributed by atoms with E-state index in [-0.39, 0.29) is 11.8 Å². The van der Waals surface area contributed by atoms with E-state index >= 15 is 0 Å². The molecule has 45 heavy (non-hydrogen) atoms. The zero-order valence-corrected chi connectivity index (χ0v) is 27.4. The van der Waals surface area contributed by atoms with Crippen LogP contribution in [0.3, 0.4) is 0 Å². The molecule has 1 heterocycles. The number of nitrogens with one attached hydrogen (secondary N) is 1. The Hall–Kier alpha value is -4.46. The minimum atomic E-state index is -1.10. The Balaban J connectivity index is 0.00000271. The summed E-state index contributed by atoms with van der Waals surface area (Å²) in [5, 5.41) is 16.5. The molecule has 0 fully saturated rings. The van der Waals surface area contributed by atoms with E-state index in [2.05, 4.69) is 43.2 Å². The van der Waals surface area contributed by atoms with Gasteiger partial charge in [0.1, 0.15) is 11.8 Å². The van der Waals surface area contributed by atoms with Crippen LogP contribution in [0.15, 0.2) is 77.3 Å². The van der Waals surface area contributed by atoms with Crippen LogP contribution in [0.1, 0.15) is 95.1 Å². The van der Waals surface area contributed by atoms with Gasteiger partial charge in [-0.15, -0.1) is 0 Å². The molecule has 0 bridgehead atoms. The maximum atomic E-state index is 12.8. The Morgan fingerprint density at radius 2 is 1.49 bits per heavy atom. The fraction of sp³-hybridized carbons (Fsp3) is 0.405. The number of hydrogen-bond donors (Lipinski definition) is 2. The minimum Gasteiger partial charge on any atom is -0.494 e. The summed E-state index contributed by atoms with van der Waals surface area (Å²) in [6.45, 7) is 13.2. The van der Waals surface area contributed by atoms with Crippen LogP contribution in [0.4, 0.5) is 0 Å². The summed E-state index contributed by atoms with van der Waals surface area (Å²) in [6, 6.07) is 21.0. The van der Waals surface area contributed by atoms with Crippen LogP contribution in [0.2, 0.25) is 0 Å². The van der Waals surface area contributed by atoms with Gasteiger partial charge in [-0.05, 0) is 59.4 Å². The van der Waals surface area contributed by atoms with E-state index < -0.39 is 17.9 Å². The number of aliphatic carboxylic acids is 1. The molecular formula is C37H47N3O5. The predicted molar refractivity (Wildman–Crippen MR) is 179 cm³/mol. The fourth-order valence-corrected chi connectivity index (χ4v) is 4.64. The van der Waals surface area contributed by atoms with Crippen molar-refractivity contribution < 1.29 is 24.0 Å². The summed E-state index contributed by atoms with van der Waals surface area (Å²) in [4.78, 5) is 29.2. The maximum Gasteiger partial charge on any atom is 0.326 e. The Morgan fingerprint density at radius 3 is 2.09 bits per heavy atom. The monoisotopic (exact) mass is 613 g/mol. The van der Waals surface area contributed by atoms with Crippen molar-refractivity contribution in [3.63, 3.8) is 0 Å². The number of aromatic nitrogens is 2. The molecule has 0 aliphatic heterocycles. The van der Waals surface area contributed by atoms with Crippen molar-refractivity contribution in [3.8, 4) is 28.6 Å². The third kappa shape index (κ3) is 10.6. The van der Waals surface area contributed by atoms with Crippen LogP contribution in [0, 0.1) is 0 Å². The molecule has 1 aromatic heterocycles. The molecule has 2 N–H and O–H groups in total. The third-order valence-corrected chi connectivity index (χ3v) is 7.31. The van der Waals surface area contributed by atoms with Gasteiger partial charge in [-0.25, -0.2) is 4.79 Å². The number of carbonyl (C=O) groups is 2. The number of benzene rings is 3. The van der Waals surface area contributed by atoms with Gasteiger partial charge in [-0.3, -0.25) is 4.79 Å². The van der Waals surface area contributed by atoms with E-state index in [1.165, 1.54) is 25.7 Å². The smallest absolute Gasteiger partial charge is 0.326 e. The van der Waals surface area contributed by atoms with E-state index in [1.807, 2.05) is 62.4 Å². The van der Waals surface area contributed by atoms with Gasteiger partial charge >= 0.3 is 5.97 Å². The molecule has 0 aliphatic rings. The van der Waals surface area contributed by atoms with Crippen LogP contribution in [0.25, 0.3) is 22.8 Å². The molecule has 3 aromatic carbocycles. The molecule has 4 rings (SSSR count). The zero-order valence-electron chi connectivity index (χ0n) is 27.4. The fourth-order valence-electron chi connectivity index (χ4n) is 4.64. The van der Waals surface area contributed by atoms with Crippen LogP contribution < -0.4 is 10.1 Å². The summed E-state index contributed by atoms with van der Waals surface area (Å²) in [5.74, 6) is 0.106. The summed E-state index contributed by atoms with van der Waals surface area (Å²) in [5.41, 5.74) is 3.75. The lowest BCUT2D eigenvalue weighted by Gasteiger charge is -2.19. The van der Waals surface area contributed by atoms with E-state index in [9.17, 15) is 14.7 Å². The Morgan fingerprint density at radius 1 is 0.867 bits per heavy atom. The maximum absolute atomic E-state index is 12.8. The van der Waals surface area contributed by atoms with Crippen LogP contribution in [-0.4, -0.2) is 39.8 Å². The molecule has 240 valence electrons. The van der Waals surface area contributed by atoms with Gasteiger partial charge in [0, 0.05) is 23.1 Å². The number of carboxylic acids is 1. The zero-order chi connectivity index (χ0) is 32.8. The molecule has 8 nitrogen and oxygen atoms in total. The molecule has 0 aliphatic carbocycles. The summed E-state index contributed by atoms with van der Waals surface area (Å²) >= 11 is 0. The molecule has 0 saturated heterocycles. The number of carboxylic acid groups (broad SMARTS) is 1. The third-order valence-electron chi connectivity index (χ3n) is 7.31. The highest BCUT2D eigenvalue weighted by molar-refractivity contribution is 5.96. The molecule has 0 saturated carbocycles. The highest BCUT2D eigenvalue weighted by atomic mass is 16.5. The number of carbonyl (C=O) groups excluding carboxylic acids is 1. The number of nitrogens with zero attached hydrogens (tertiary/aromatic N) is 2. The summed E-state index contributed by atoms with van der Waals surface area (Å²) < 4.78 is 11.3. The van der Waals surface area contributed by atoms with E-state index in [4.69, 9.17) is 9.26 Å². The van der Waals surface area contributed by atoms with Crippen LogP contribution in [-0.2, 0) is 16.6 Å². The number of amides is 1. The highest BCUT2D eigenvalue weighted by Gasteiger charge is 2.22. The lowest BCUT2D eigenvalue weighted by molar-refractivity contribution is -0.139. The van der Waals surface area contributed by atoms with Crippen molar-refractivity contribution in [2.24, 2.45) is 0 Å².